The quantitative estimate of drug-likeness (QED) is 0.560. The number of aromatic amines is 1. The van der Waals surface area contributed by atoms with Gasteiger partial charge in [-0.2, -0.15) is 4.98 Å². The highest BCUT2D eigenvalue weighted by Gasteiger charge is 2.15. The lowest BCUT2D eigenvalue weighted by molar-refractivity contribution is 0.502. The first-order chi connectivity index (χ1) is 13.4. The van der Waals surface area contributed by atoms with Gasteiger partial charge in [-0.3, -0.25) is 14.3 Å². The van der Waals surface area contributed by atoms with Gasteiger partial charge in [0.05, 0.1) is 34.7 Å². The Labute approximate surface area is 165 Å². The SMILES string of the molecule is CC(C)CCn1c(Cn2c(=O)[nH]c3ccncc32)nc(=O)c2cc(Cl)ccc21. The minimum Gasteiger partial charge on any atom is -0.327 e. The first-order valence-corrected chi connectivity index (χ1v) is 9.53. The van der Waals surface area contributed by atoms with Crippen molar-refractivity contribution in [3.8, 4) is 0 Å². The molecule has 0 radical (unpaired) electrons. The fourth-order valence-electron chi connectivity index (χ4n) is 3.35. The maximum atomic E-state index is 12.6. The van der Waals surface area contributed by atoms with E-state index in [2.05, 4.69) is 28.8 Å². The minimum absolute atomic E-state index is 0.177. The number of pyridine rings is 1. The monoisotopic (exact) mass is 397 g/mol. The molecule has 4 rings (SSSR count). The number of aryl methyl sites for hydroxylation is 1. The van der Waals surface area contributed by atoms with Crippen LogP contribution in [0.3, 0.4) is 0 Å². The van der Waals surface area contributed by atoms with Gasteiger partial charge >= 0.3 is 5.69 Å². The number of fused-ring (bicyclic) bond motifs is 2. The second kappa shape index (κ2) is 7.24. The summed E-state index contributed by atoms with van der Waals surface area (Å²) in [6.07, 6.45) is 4.17. The van der Waals surface area contributed by atoms with Crippen molar-refractivity contribution in [2.75, 3.05) is 0 Å². The lowest BCUT2D eigenvalue weighted by Crippen LogP contribution is -2.25. The van der Waals surface area contributed by atoms with Gasteiger partial charge < -0.3 is 9.55 Å². The molecule has 0 saturated carbocycles. The van der Waals surface area contributed by atoms with Crippen molar-refractivity contribution in [3.05, 3.63) is 68.3 Å². The van der Waals surface area contributed by atoms with E-state index < -0.39 is 0 Å². The molecule has 1 aromatic carbocycles. The van der Waals surface area contributed by atoms with Crippen LogP contribution in [0.4, 0.5) is 0 Å². The molecular formula is C20H20ClN5O2. The third kappa shape index (κ3) is 3.33. The van der Waals surface area contributed by atoms with E-state index in [-0.39, 0.29) is 17.8 Å². The maximum absolute atomic E-state index is 12.6. The van der Waals surface area contributed by atoms with Gasteiger partial charge in [0.2, 0.25) is 0 Å². The molecule has 0 aliphatic carbocycles. The lowest BCUT2D eigenvalue weighted by atomic mass is 10.1. The predicted octanol–water partition coefficient (Wildman–Crippen LogP) is 3.18. The molecule has 4 aromatic rings. The van der Waals surface area contributed by atoms with E-state index in [1.54, 1.807) is 35.2 Å². The Morgan fingerprint density at radius 1 is 1.14 bits per heavy atom. The molecule has 3 aromatic heterocycles. The zero-order valence-electron chi connectivity index (χ0n) is 15.6. The summed E-state index contributed by atoms with van der Waals surface area (Å²) in [4.78, 5) is 36.3. The smallest absolute Gasteiger partial charge is 0.326 e. The summed E-state index contributed by atoms with van der Waals surface area (Å²) >= 11 is 6.08. The topological polar surface area (TPSA) is 85.6 Å². The zero-order chi connectivity index (χ0) is 19.8. The fraction of sp³-hybridized carbons (Fsp3) is 0.300. The van der Waals surface area contributed by atoms with Crippen molar-refractivity contribution in [2.45, 2.75) is 33.4 Å². The van der Waals surface area contributed by atoms with E-state index in [1.807, 2.05) is 10.6 Å². The number of hydrogen-bond acceptors (Lipinski definition) is 4. The van der Waals surface area contributed by atoms with Gasteiger partial charge in [0.25, 0.3) is 5.56 Å². The number of imidazole rings is 1. The fourth-order valence-corrected chi connectivity index (χ4v) is 3.52. The summed E-state index contributed by atoms with van der Waals surface area (Å²) < 4.78 is 3.56. The predicted molar refractivity (Wildman–Crippen MR) is 110 cm³/mol. The van der Waals surface area contributed by atoms with Crippen molar-refractivity contribution in [1.82, 2.24) is 24.1 Å². The van der Waals surface area contributed by atoms with E-state index in [0.717, 1.165) is 11.9 Å². The Bertz CT molecular complexity index is 1290. The van der Waals surface area contributed by atoms with Crippen molar-refractivity contribution in [3.63, 3.8) is 0 Å². The molecule has 0 unspecified atom stereocenters. The highest BCUT2D eigenvalue weighted by Crippen LogP contribution is 2.19. The molecule has 0 spiro atoms. The number of rotatable bonds is 5. The normalized spacial score (nSPS) is 11.7. The maximum Gasteiger partial charge on any atom is 0.326 e. The third-order valence-corrected chi connectivity index (χ3v) is 5.06. The molecule has 144 valence electrons. The number of nitrogens with one attached hydrogen (secondary N) is 1. The largest absolute Gasteiger partial charge is 0.327 e. The van der Waals surface area contributed by atoms with Gasteiger partial charge in [-0.25, -0.2) is 4.79 Å². The second-order valence-electron chi connectivity index (χ2n) is 7.24. The Morgan fingerprint density at radius 2 is 1.96 bits per heavy atom. The van der Waals surface area contributed by atoms with Gasteiger partial charge in [-0.1, -0.05) is 25.4 Å². The molecule has 0 aliphatic heterocycles. The number of hydrogen-bond donors (Lipinski definition) is 1. The minimum atomic E-state index is -0.348. The first-order valence-electron chi connectivity index (χ1n) is 9.15. The van der Waals surface area contributed by atoms with Crippen molar-refractivity contribution < 1.29 is 0 Å². The van der Waals surface area contributed by atoms with Crippen LogP contribution in [0.25, 0.3) is 21.9 Å². The van der Waals surface area contributed by atoms with Crippen LogP contribution in [-0.4, -0.2) is 24.1 Å². The Kier molecular flexibility index (Phi) is 4.77. The van der Waals surface area contributed by atoms with Crippen LogP contribution in [0.15, 0.2) is 46.2 Å². The van der Waals surface area contributed by atoms with E-state index in [1.165, 1.54) is 0 Å². The molecule has 0 atom stereocenters. The zero-order valence-corrected chi connectivity index (χ0v) is 16.4. The van der Waals surface area contributed by atoms with Crippen LogP contribution in [-0.2, 0) is 13.1 Å². The van der Waals surface area contributed by atoms with Crippen LogP contribution < -0.4 is 11.2 Å². The molecule has 0 saturated heterocycles. The van der Waals surface area contributed by atoms with E-state index in [4.69, 9.17) is 11.6 Å². The van der Waals surface area contributed by atoms with Crippen LogP contribution in [0, 0.1) is 5.92 Å². The molecule has 3 heterocycles. The summed E-state index contributed by atoms with van der Waals surface area (Å²) in [5.41, 5.74) is 1.53. The summed E-state index contributed by atoms with van der Waals surface area (Å²) in [7, 11) is 0. The molecular weight excluding hydrogens is 378 g/mol. The number of halogens is 1. The van der Waals surface area contributed by atoms with Crippen molar-refractivity contribution >= 4 is 33.5 Å². The molecule has 8 heteroatoms. The molecule has 0 bridgehead atoms. The number of H-pyrrole nitrogens is 1. The number of aromatic nitrogens is 5. The highest BCUT2D eigenvalue weighted by atomic mass is 35.5. The van der Waals surface area contributed by atoms with E-state index in [0.29, 0.717) is 39.7 Å². The van der Waals surface area contributed by atoms with Gasteiger partial charge in [-0.05, 0) is 36.6 Å². The number of benzene rings is 1. The molecule has 28 heavy (non-hydrogen) atoms. The highest BCUT2D eigenvalue weighted by molar-refractivity contribution is 6.31. The molecule has 0 amide bonds. The Hall–Kier alpha value is -2.93. The Morgan fingerprint density at radius 3 is 2.75 bits per heavy atom. The third-order valence-electron chi connectivity index (χ3n) is 4.83. The van der Waals surface area contributed by atoms with E-state index >= 15 is 0 Å². The molecule has 7 nitrogen and oxygen atoms in total. The summed E-state index contributed by atoms with van der Waals surface area (Å²) in [6.45, 7) is 5.15. The summed E-state index contributed by atoms with van der Waals surface area (Å²) in [5.74, 6) is 1.02. The first kappa shape index (κ1) is 18.4. The Balaban J connectivity index is 1.91. The molecule has 0 aliphatic rings. The molecule has 0 fully saturated rings. The summed E-state index contributed by atoms with van der Waals surface area (Å²) in [6, 6.07) is 6.99. The van der Waals surface area contributed by atoms with Gasteiger partial charge in [0.15, 0.2) is 0 Å². The second-order valence-corrected chi connectivity index (χ2v) is 7.67. The average Bonchev–Trinajstić information content (AvgIpc) is 2.97. The number of nitrogens with zero attached hydrogens (tertiary/aromatic N) is 4. The van der Waals surface area contributed by atoms with Crippen LogP contribution in [0.1, 0.15) is 26.1 Å². The standard InChI is InChI=1S/C20H20ClN5O2/c1-12(2)6-8-25-16-4-3-13(21)9-14(16)19(27)24-18(25)11-26-17-10-22-7-5-15(17)23-20(26)28/h3-5,7,9-10,12H,6,8,11H2,1-2H3,(H,23,28). The lowest BCUT2D eigenvalue weighted by Gasteiger charge is -2.17. The summed E-state index contributed by atoms with van der Waals surface area (Å²) in [5, 5.41) is 0.974. The van der Waals surface area contributed by atoms with Crippen LogP contribution in [0.5, 0.6) is 0 Å². The van der Waals surface area contributed by atoms with Gasteiger partial charge in [0.1, 0.15) is 5.82 Å². The van der Waals surface area contributed by atoms with Gasteiger partial charge in [-0.15, -0.1) is 0 Å². The van der Waals surface area contributed by atoms with Crippen LogP contribution >= 0.6 is 11.6 Å². The van der Waals surface area contributed by atoms with Crippen molar-refractivity contribution in [1.29, 1.82) is 0 Å². The average molecular weight is 398 g/mol. The van der Waals surface area contributed by atoms with Crippen LogP contribution in [0.2, 0.25) is 5.02 Å². The van der Waals surface area contributed by atoms with E-state index in [9.17, 15) is 9.59 Å². The van der Waals surface area contributed by atoms with Crippen molar-refractivity contribution in [2.24, 2.45) is 5.92 Å². The molecule has 1 N–H and O–H groups in total. The van der Waals surface area contributed by atoms with Gasteiger partial charge in [0, 0.05) is 17.8 Å².